The Morgan fingerprint density at radius 1 is 1.26 bits per heavy atom. The largest absolute Gasteiger partial charge is 0.321 e. The molecule has 2 aliphatic heterocycles. The van der Waals surface area contributed by atoms with Crippen molar-refractivity contribution >= 4 is 14.0 Å². The van der Waals surface area contributed by atoms with Crippen molar-refractivity contribution in [1.82, 2.24) is 10.2 Å². The van der Waals surface area contributed by atoms with E-state index in [0.29, 0.717) is 11.9 Å². The van der Waals surface area contributed by atoms with Crippen molar-refractivity contribution in [3.63, 3.8) is 0 Å². The highest BCUT2D eigenvalue weighted by Crippen LogP contribution is 2.49. The molecule has 128 valence electrons. The van der Waals surface area contributed by atoms with Crippen LogP contribution in [0.25, 0.3) is 0 Å². The SMILES string of the molecule is CC(C)(C)[C@]12CN[C@@H](CC(C#C[Si](C)(C)C)N1C(=O)C1CC1)C2. The van der Waals surface area contributed by atoms with E-state index in [4.69, 9.17) is 0 Å². The molecule has 23 heavy (non-hydrogen) atoms. The Morgan fingerprint density at radius 2 is 1.91 bits per heavy atom. The molecule has 3 atom stereocenters. The van der Waals surface area contributed by atoms with Crippen LogP contribution in [0.15, 0.2) is 0 Å². The number of hydrogen-bond donors (Lipinski definition) is 1. The number of hydrogen-bond acceptors (Lipinski definition) is 2. The molecule has 1 saturated carbocycles. The van der Waals surface area contributed by atoms with Crippen LogP contribution in [0.3, 0.4) is 0 Å². The Labute approximate surface area is 142 Å². The Hall–Kier alpha value is -0.793. The van der Waals surface area contributed by atoms with Gasteiger partial charge in [0.05, 0.1) is 11.6 Å². The first-order valence-corrected chi connectivity index (χ1v) is 12.6. The fraction of sp³-hybridized carbons (Fsp3) is 0.842. The average molecular weight is 333 g/mol. The van der Waals surface area contributed by atoms with Crippen molar-refractivity contribution < 1.29 is 4.79 Å². The van der Waals surface area contributed by atoms with Gasteiger partial charge in [-0.2, -0.15) is 0 Å². The van der Waals surface area contributed by atoms with E-state index in [1.54, 1.807) is 0 Å². The molecule has 1 amide bonds. The number of fused-ring (bicyclic) bond motifs is 2. The average Bonchev–Trinajstić information content (AvgIpc) is 3.19. The van der Waals surface area contributed by atoms with Crippen molar-refractivity contribution in [3.8, 4) is 11.5 Å². The molecule has 2 bridgehead atoms. The Kier molecular flexibility index (Phi) is 3.97. The summed E-state index contributed by atoms with van der Waals surface area (Å²) in [6.45, 7) is 14.6. The molecule has 0 aromatic rings. The molecule has 1 aliphatic carbocycles. The summed E-state index contributed by atoms with van der Waals surface area (Å²) in [5.41, 5.74) is 3.53. The van der Waals surface area contributed by atoms with Gasteiger partial charge >= 0.3 is 0 Å². The molecule has 3 rings (SSSR count). The van der Waals surface area contributed by atoms with Crippen LogP contribution in [0.2, 0.25) is 19.6 Å². The molecule has 4 heteroatoms. The van der Waals surface area contributed by atoms with E-state index in [9.17, 15) is 4.79 Å². The van der Waals surface area contributed by atoms with E-state index < -0.39 is 8.07 Å². The third kappa shape index (κ3) is 3.10. The molecule has 0 spiro atoms. The maximum Gasteiger partial charge on any atom is 0.227 e. The summed E-state index contributed by atoms with van der Waals surface area (Å²) in [7, 11) is -1.43. The van der Waals surface area contributed by atoms with Gasteiger partial charge in [-0.3, -0.25) is 4.79 Å². The summed E-state index contributed by atoms with van der Waals surface area (Å²) in [6, 6.07) is 0.612. The molecule has 2 saturated heterocycles. The van der Waals surface area contributed by atoms with Crippen LogP contribution >= 0.6 is 0 Å². The van der Waals surface area contributed by atoms with Crippen LogP contribution in [-0.2, 0) is 4.79 Å². The van der Waals surface area contributed by atoms with Gasteiger partial charge in [-0.1, -0.05) is 46.3 Å². The van der Waals surface area contributed by atoms with Crippen molar-refractivity contribution in [2.45, 2.75) is 83.7 Å². The van der Waals surface area contributed by atoms with Gasteiger partial charge in [-0.25, -0.2) is 0 Å². The molecule has 3 fully saturated rings. The zero-order valence-corrected chi connectivity index (χ0v) is 16.6. The van der Waals surface area contributed by atoms with Gasteiger partial charge in [0, 0.05) is 18.5 Å². The first kappa shape index (κ1) is 17.0. The minimum absolute atomic E-state index is 0.0683. The van der Waals surface area contributed by atoms with Crippen LogP contribution in [0.4, 0.5) is 0 Å². The van der Waals surface area contributed by atoms with E-state index in [0.717, 1.165) is 32.2 Å². The van der Waals surface area contributed by atoms with E-state index >= 15 is 0 Å². The smallest absolute Gasteiger partial charge is 0.227 e. The molecule has 1 N–H and O–H groups in total. The summed E-state index contributed by atoms with van der Waals surface area (Å²) in [5.74, 6) is 4.19. The van der Waals surface area contributed by atoms with Crippen LogP contribution in [0, 0.1) is 22.8 Å². The third-order valence-electron chi connectivity index (χ3n) is 5.72. The normalized spacial score (nSPS) is 34.1. The standard InChI is InChI=1S/C19H32N2OSi/c1-18(2,3)19-12-15(20-13-19)11-16(9-10-23(4,5)6)21(19)17(22)14-7-8-14/h14-16,20H,7-8,11-13H2,1-6H3/t15-,16?,19-/m0/s1. The second kappa shape index (κ2) is 5.36. The fourth-order valence-corrected chi connectivity index (χ4v) is 4.74. The van der Waals surface area contributed by atoms with Crippen molar-refractivity contribution in [2.24, 2.45) is 11.3 Å². The first-order valence-electron chi connectivity index (χ1n) is 9.13. The summed E-state index contributed by atoms with van der Waals surface area (Å²) >= 11 is 0. The summed E-state index contributed by atoms with van der Waals surface area (Å²) in [6.07, 6.45) is 4.22. The molecule has 3 aliphatic rings. The van der Waals surface area contributed by atoms with E-state index in [2.05, 4.69) is 62.1 Å². The van der Waals surface area contributed by atoms with Gasteiger partial charge in [0.1, 0.15) is 8.07 Å². The summed E-state index contributed by atoms with van der Waals surface area (Å²) < 4.78 is 0. The van der Waals surface area contributed by atoms with Gasteiger partial charge in [-0.15, -0.1) is 5.54 Å². The van der Waals surface area contributed by atoms with E-state index in [1.807, 2.05) is 0 Å². The number of rotatable bonds is 1. The Morgan fingerprint density at radius 3 is 2.43 bits per heavy atom. The quantitative estimate of drug-likeness (QED) is 0.591. The molecule has 0 aromatic heterocycles. The molecule has 3 nitrogen and oxygen atoms in total. The maximum absolute atomic E-state index is 13.2. The summed E-state index contributed by atoms with van der Waals surface area (Å²) in [5, 5.41) is 3.69. The number of carbonyl (C=O) groups excluding carboxylic acids is 1. The fourth-order valence-electron chi connectivity index (χ4n) is 4.14. The van der Waals surface area contributed by atoms with Gasteiger partial charge < -0.3 is 10.2 Å². The Balaban J connectivity index is 2.01. The maximum atomic E-state index is 13.2. The minimum atomic E-state index is -1.43. The number of amides is 1. The molecule has 0 radical (unpaired) electrons. The molecular weight excluding hydrogens is 300 g/mol. The van der Waals surface area contributed by atoms with E-state index in [-0.39, 0.29) is 22.9 Å². The molecule has 2 heterocycles. The second-order valence-electron chi connectivity index (χ2n) is 9.82. The lowest BCUT2D eigenvalue weighted by atomic mass is 9.67. The number of nitrogens with zero attached hydrogens (tertiary/aromatic N) is 1. The zero-order valence-electron chi connectivity index (χ0n) is 15.6. The zero-order chi connectivity index (χ0) is 17.0. The number of likely N-dealkylation sites (tertiary alicyclic amines) is 1. The first-order chi connectivity index (χ1) is 10.5. The molecule has 1 unspecified atom stereocenters. The highest BCUT2D eigenvalue weighted by molar-refractivity contribution is 6.83. The highest BCUT2D eigenvalue weighted by Gasteiger charge is 2.59. The predicted molar refractivity (Wildman–Crippen MR) is 97.7 cm³/mol. The summed E-state index contributed by atoms with van der Waals surface area (Å²) in [4.78, 5) is 15.4. The molecular formula is C19H32N2OSi. The highest BCUT2D eigenvalue weighted by atomic mass is 28.3. The topological polar surface area (TPSA) is 32.3 Å². The van der Waals surface area contributed by atoms with Gasteiger partial charge in [0.2, 0.25) is 5.91 Å². The van der Waals surface area contributed by atoms with Gasteiger partial charge in [-0.05, 0) is 31.1 Å². The number of piperidine rings is 1. The van der Waals surface area contributed by atoms with Crippen molar-refractivity contribution in [1.29, 1.82) is 0 Å². The van der Waals surface area contributed by atoms with Crippen LogP contribution in [0.1, 0.15) is 46.5 Å². The van der Waals surface area contributed by atoms with Gasteiger partial charge in [0.25, 0.3) is 0 Å². The lowest BCUT2D eigenvalue weighted by Crippen LogP contribution is -2.65. The Bertz CT molecular complexity index is 559. The van der Waals surface area contributed by atoms with Crippen LogP contribution in [-0.4, -0.2) is 43.0 Å². The lowest BCUT2D eigenvalue weighted by molar-refractivity contribution is -0.148. The molecule has 0 aromatic carbocycles. The minimum Gasteiger partial charge on any atom is -0.321 e. The number of nitrogens with one attached hydrogen (secondary N) is 1. The van der Waals surface area contributed by atoms with Gasteiger partial charge in [0.15, 0.2) is 0 Å². The van der Waals surface area contributed by atoms with E-state index in [1.165, 1.54) is 0 Å². The van der Waals surface area contributed by atoms with Crippen molar-refractivity contribution in [2.75, 3.05) is 6.54 Å². The predicted octanol–water partition coefficient (Wildman–Crippen LogP) is 3.02. The third-order valence-corrected chi connectivity index (χ3v) is 6.62. The van der Waals surface area contributed by atoms with Crippen molar-refractivity contribution in [3.05, 3.63) is 0 Å². The monoisotopic (exact) mass is 332 g/mol. The van der Waals surface area contributed by atoms with Crippen LogP contribution in [0.5, 0.6) is 0 Å². The second-order valence-corrected chi connectivity index (χ2v) is 14.6. The number of carbonyl (C=O) groups is 1. The lowest BCUT2D eigenvalue weighted by Gasteiger charge is -2.54. The van der Waals surface area contributed by atoms with Crippen LogP contribution < -0.4 is 5.32 Å².